The van der Waals surface area contributed by atoms with Gasteiger partial charge in [-0.05, 0) is 12.3 Å². The van der Waals surface area contributed by atoms with E-state index in [-0.39, 0.29) is 5.12 Å². The van der Waals surface area contributed by atoms with Crippen molar-refractivity contribution in [2.45, 2.75) is 13.3 Å². The molecule has 0 fully saturated rings. The highest BCUT2D eigenvalue weighted by Crippen LogP contribution is 2.16. The first-order valence-electron chi connectivity index (χ1n) is 3.77. The Morgan fingerprint density at radius 1 is 1.45 bits per heavy atom. The quantitative estimate of drug-likeness (QED) is 0.643. The molecule has 0 saturated heterocycles. The molecule has 0 N–H and O–H groups in total. The van der Waals surface area contributed by atoms with E-state index in [2.05, 4.69) is 24.3 Å². The van der Waals surface area contributed by atoms with Crippen LogP contribution in [0.1, 0.15) is 13.3 Å². The lowest BCUT2D eigenvalue weighted by molar-refractivity contribution is -0.109. The first kappa shape index (κ1) is 8.60. The lowest BCUT2D eigenvalue weighted by Crippen LogP contribution is -1.93. The summed E-state index contributed by atoms with van der Waals surface area (Å²) >= 11 is 1.41. The largest absolute Gasteiger partial charge is 0.288 e. The van der Waals surface area contributed by atoms with Crippen LogP contribution in [0.3, 0.4) is 0 Å². The van der Waals surface area contributed by atoms with E-state index in [1.54, 1.807) is 6.92 Å². The van der Waals surface area contributed by atoms with Crippen LogP contribution < -0.4 is 0 Å². The van der Waals surface area contributed by atoms with Gasteiger partial charge in [-0.3, -0.25) is 4.79 Å². The minimum Gasteiger partial charge on any atom is -0.288 e. The second kappa shape index (κ2) is 4.39. The van der Waals surface area contributed by atoms with E-state index in [1.807, 2.05) is 0 Å². The zero-order chi connectivity index (χ0) is 8.10. The molecule has 11 heavy (non-hydrogen) atoms. The molecule has 1 nitrogen and oxygen atoms in total. The molecule has 1 aliphatic carbocycles. The van der Waals surface area contributed by atoms with Crippen molar-refractivity contribution in [1.29, 1.82) is 0 Å². The van der Waals surface area contributed by atoms with Crippen molar-refractivity contribution in [3.05, 3.63) is 24.3 Å². The molecule has 0 atom stereocenters. The number of carbonyl (C=O) groups is 1. The Balaban J connectivity index is 2.08. The van der Waals surface area contributed by atoms with Crippen LogP contribution >= 0.6 is 11.8 Å². The summed E-state index contributed by atoms with van der Waals surface area (Å²) in [7, 11) is 0. The van der Waals surface area contributed by atoms with E-state index in [9.17, 15) is 4.79 Å². The fourth-order valence-corrected chi connectivity index (χ4v) is 1.69. The molecule has 0 saturated carbocycles. The summed E-state index contributed by atoms with van der Waals surface area (Å²) in [6.07, 6.45) is 9.53. The molecule has 60 valence electrons. The molecule has 0 aliphatic heterocycles. The lowest BCUT2D eigenvalue weighted by Gasteiger charge is -2.01. The molecule has 0 spiro atoms. The van der Waals surface area contributed by atoms with Crippen molar-refractivity contribution in [3.8, 4) is 0 Å². The predicted octanol–water partition coefficient (Wildman–Crippen LogP) is 2.40. The third-order valence-corrected chi connectivity index (χ3v) is 2.43. The Bertz CT molecular complexity index is 182. The molecule has 0 heterocycles. The highest BCUT2D eigenvalue weighted by molar-refractivity contribution is 8.13. The maximum absolute atomic E-state index is 10.5. The average Bonchev–Trinajstić information content (AvgIpc) is 2.39. The zero-order valence-electron chi connectivity index (χ0n) is 6.62. The van der Waals surface area contributed by atoms with E-state index >= 15 is 0 Å². The molecule has 1 aliphatic rings. The van der Waals surface area contributed by atoms with Crippen LogP contribution in [-0.4, -0.2) is 10.9 Å². The summed E-state index contributed by atoms with van der Waals surface area (Å²) in [5, 5.41) is 0.218. The van der Waals surface area contributed by atoms with Gasteiger partial charge < -0.3 is 0 Å². The summed E-state index contributed by atoms with van der Waals surface area (Å²) < 4.78 is 0. The lowest BCUT2D eigenvalue weighted by atomic mass is 10.1. The van der Waals surface area contributed by atoms with Gasteiger partial charge in [0.05, 0.1) is 0 Å². The van der Waals surface area contributed by atoms with E-state index in [0.29, 0.717) is 5.92 Å². The van der Waals surface area contributed by atoms with Gasteiger partial charge in [-0.25, -0.2) is 0 Å². The molecule has 0 radical (unpaired) electrons. The monoisotopic (exact) mass is 168 g/mol. The van der Waals surface area contributed by atoms with Gasteiger partial charge in [-0.15, -0.1) is 0 Å². The van der Waals surface area contributed by atoms with Gasteiger partial charge in [0.25, 0.3) is 0 Å². The van der Waals surface area contributed by atoms with Crippen molar-refractivity contribution in [2.75, 3.05) is 5.75 Å². The van der Waals surface area contributed by atoms with Gasteiger partial charge in [-0.1, -0.05) is 36.1 Å². The Labute approximate surface area is 71.6 Å². The molecule has 0 aromatic rings. The van der Waals surface area contributed by atoms with Crippen LogP contribution in [0.2, 0.25) is 0 Å². The Hall–Kier alpha value is -0.500. The topological polar surface area (TPSA) is 17.1 Å². The van der Waals surface area contributed by atoms with Crippen LogP contribution in [0.15, 0.2) is 24.3 Å². The molecule has 2 heteroatoms. The Morgan fingerprint density at radius 2 is 2.09 bits per heavy atom. The van der Waals surface area contributed by atoms with Crippen LogP contribution in [-0.2, 0) is 4.79 Å². The van der Waals surface area contributed by atoms with E-state index in [0.717, 1.165) is 12.2 Å². The smallest absolute Gasteiger partial charge is 0.185 e. The fourth-order valence-electron chi connectivity index (χ4n) is 1.01. The van der Waals surface area contributed by atoms with Crippen molar-refractivity contribution >= 4 is 16.9 Å². The molecule has 0 unspecified atom stereocenters. The fraction of sp³-hybridized carbons (Fsp3) is 0.444. The van der Waals surface area contributed by atoms with Gasteiger partial charge in [-0.2, -0.15) is 0 Å². The number of rotatable bonds is 3. The van der Waals surface area contributed by atoms with Crippen LogP contribution in [0.25, 0.3) is 0 Å². The van der Waals surface area contributed by atoms with Crippen molar-refractivity contribution in [2.24, 2.45) is 5.92 Å². The highest BCUT2D eigenvalue weighted by atomic mass is 32.2. The summed E-state index contributed by atoms with van der Waals surface area (Å²) in [5.41, 5.74) is 0. The summed E-state index contributed by atoms with van der Waals surface area (Å²) in [6.45, 7) is 1.62. The van der Waals surface area contributed by atoms with E-state index < -0.39 is 0 Å². The highest BCUT2D eigenvalue weighted by Gasteiger charge is 2.03. The number of thioether (sulfide) groups is 1. The first-order chi connectivity index (χ1) is 5.29. The summed E-state index contributed by atoms with van der Waals surface area (Å²) in [4.78, 5) is 10.5. The second-order valence-electron chi connectivity index (χ2n) is 2.56. The third kappa shape index (κ3) is 3.42. The molecule has 0 aromatic carbocycles. The van der Waals surface area contributed by atoms with Crippen LogP contribution in [0.4, 0.5) is 0 Å². The van der Waals surface area contributed by atoms with E-state index in [1.165, 1.54) is 11.8 Å². The molecular weight excluding hydrogens is 156 g/mol. The Kier molecular flexibility index (Phi) is 3.43. The van der Waals surface area contributed by atoms with Crippen molar-refractivity contribution < 1.29 is 4.79 Å². The normalized spacial score (nSPS) is 16.1. The molecular formula is C9H12OS. The minimum atomic E-state index is 0.218. The van der Waals surface area contributed by atoms with Gasteiger partial charge in [0.2, 0.25) is 0 Å². The maximum atomic E-state index is 10.5. The Morgan fingerprint density at radius 3 is 2.64 bits per heavy atom. The zero-order valence-corrected chi connectivity index (χ0v) is 7.43. The number of hydrogen-bond donors (Lipinski definition) is 0. The summed E-state index contributed by atoms with van der Waals surface area (Å²) in [5.74, 6) is 1.51. The predicted molar refractivity (Wildman–Crippen MR) is 49.5 cm³/mol. The molecule has 1 rings (SSSR count). The molecule has 0 bridgehead atoms. The first-order valence-corrected chi connectivity index (χ1v) is 4.76. The minimum absolute atomic E-state index is 0.218. The van der Waals surface area contributed by atoms with Gasteiger partial charge >= 0.3 is 0 Å². The van der Waals surface area contributed by atoms with Gasteiger partial charge in [0.15, 0.2) is 5.12 Å². The number of hydrogen-bond acceptors (Lipinski definition) is 2. The van der Waals surface area contributed by atoms with Gasteiger partial charge in [0, 0.05) is 12.7 Å². The summed E-state index contributed by atoms with van der Waals surface area (Å²) in [6, 6.07) is 0. The third-order valence-electron chi connectivity index (χ3n) is 1.58. The molecule has 0 amide bonds. The van der Waals surface area contributed by atoms with Crippen LogP contribution in [0, 0.1) is 5.92 Å². The van der Waals surface area contributed by atoms with Gasteiger partial charge in [0.1, 0.15) is 0 Å². The van der Waals surface area contributed by atoms with Crippen molar-refractivity contribution in [3.63, 3.8) is 0 Å². The van der Waals surface area contributed by atoms with Crippen LogP contribution in [0.5, 0.6) is 0 Å². The van der Waals surface area contributed by atoms with E-state index in [4.69, 9.17) is 0 Å². The maximum Gasteiger partial charge on any atom is 0.185 e. The average molecular weight is 168 g/mol. The number of allylic oxidation sites excluding steroid dienone is 4. The van der Waals surface area contributed by atoms with Crippen molar-refractivity contribution in [1.82, 2.24) is 0 Å². The standard InChI is InChI=1S/C9H12OS/c1-8(10)11-7-6-9-4-2-3-5-9/h2-5,9H,6-7H2,1H3. The second-order valence-corrected chi connectivity index (χ2v) is 3.83. The SMILES string of the molecule is CC(=O)SCCC1C=CC=C1. The molecule has 0 aromatic heterocycles. The number of carbonyl (C=O) groups excluding carboxylic acids is 1.